The van der Waals surface area contributed by atoms with Crippen LogP contribution in [-0.2, 0) is 13.1 Å². The van der Waals surface area contributed by atoms with Crippen LogP contribution >= 0.6 is 0 Å². The molecule has 3 aliphatic rings. The molecule has 14 heteroatoms. The summed E-state index contributed by atoms with van der Waals surface area (Å²) in [6.07, 6.45) is -1.63. The minimum absolute atomic E-state index is 0.0136. The van der Waals surface area contributed by atoms with Crippen molar-refractivity contribution >= 4 is 23.0 Å². The highest BCUT2D eigenvalue weighted by Crippen LogP contribution is 2.40. The molecule has 2 atom stereocenters. The largest absolute Gasteiger partial charge is 0.392 e. The molecule has 6 rings (SSSR count). The molecule has 0 bridgehead atoms. The zero-order valence-electron chi connectivity index (χ0n) is 24.5. The number of aromatic nitrogens is 4. The number of hydrogen-bond donors (Lipinski definition) is 1. The van der Waals surface area contributed by atoms with E-state index in [9.17, 15) is 35.9 Å². The van der Waals surface area contributed by atoms with E-state index in [2.05, 4.69) is 19.9 Å². The number of carbonyl (C=O) groups is 2. The highest BCUT2D eigenvalue weighted by atomic mass is 19.4. The van der Waals surface area contributed by atoms with Gasteiger partial charge in [0.2, 0.25) is 0 Å². The second-order valence-electron chi connectivity index (χ2n) is 11.2. The lowest BCUT2D eigenvalue weighted by Crippen LogP contribution is -2.29. The van der Waals surface area contributed by atoms with Gasteiger partial charge in [-0.1, -0.05) is 24.3 Å². The number of amides is 2. The number of nitrogens with two attached hydrogens (primary N) is 1. The zero-order valence-corrected chi connectivity index (χ0v) is 24.5. The van der Waals surface area contributed by atoms with Crippen molar-refractivity contribution in [2.24, 2.45) is 17.6 Å². The summed E-state index contributed by atoms with van der Waals surface area (Å²) in [4.78, 5) is 42.4. The summed E-state index contributed by atoms with van der Waals surface area (Å²) in [5, 5.41) is 0. The average Bonchev–Trinajstić information content (AvgIpc) is 3.29. The highest BCUT2D eigenvalue weighted by molar-refractivity contribution is 6.21. The molecule has 0 saturated carbocycles. The number of allylic oxidation sites excluding steroid dienone is 4. The Bertz CT molecular complexity index is 1630. The van der Waals surface area contributed by atoms with Crippen molar-refractivity contribution in [2.75, 3.05) is 0 Å². The van der Waals surface area contributed by atoms with Crippen LogP contribution in [0.25, 0.3) is 11.1 Å². The van der Waals surface area contributed by atoms with Crippen LogP contribution in [0.5, 0.6) is 0 Å². The number of benzene rings is 1. The second-order valence-corrected chi connectivity index (χ2v) is 11.2. The van der Waals surface area contributed by atoms with E-state index in [-0.39, 0.29) is 50.5 Å². The first-order chi connectivity index (χ1) is 21.8. The topological polar surface area (TPSA) is 115 Å². The number of hydrogen-bond acceptors (Lipinski definition) is 7. The lowest BCUT2D eigenvalue weighted by molar-refractivity contribution is -0.176. The summed E-state index contributed by atoms with van der Waals surface area (Å²) >= 11 is 0. The maximum absolute atomic E-state index is 12.8. The van der Waals surface area contributed by atoms with Gasteiger partial charge < -0.3 is 5.73 Å². The van der Waals surface area contributed by atoms with E-state index in [1.807, 2.05) is 0 Å². The summed E-state index contributed by atoms with van der Waals surface area (Å²) in [5.41, 5.74) is 10.1. The fourth-order valence-corrected chi connectivity index (χ4v) is 5.62. The van der Waals surface area contributed by atoms with Gasteiger partial charge in [-0.05, 0) is 73.9 Å². The summed E-state index contributed by atoms with van der Waals surface area (Å²) in [6, 6.07) is 9.96. The number of fused-ring (bicyclic) bond motifs is 1. The molecule has 46 heavy (non-hydrogen) atoms. The molecule has 2 unspecified atom stereocenters. The van der Waals surface area contributed by atoms with Gasteiger partial charge >= 0.3 is 12.4 Å². The fourth-order valence-electron chi connectivity index (χ4n) is 5.62. The first-order valence-corrected chi connectivity index (χ1v) is 14.6. The molecule has 8 nitrogen and oxygen atoms in total. The number of halogens is 6. The van der Waals surface area contributed by atoms with Crippen LogP contribution in [0.3, 0.4) is 0 Å². The van der Waals surface area contributed by atoms with Crippen molar-refractivity contribution in [1.29, 1.82) is 0 Å². The Morgan fingerprint density at radius 2 is 1.17 bits per heavy atom. The van der Waals surface area contributed by atoms with Gasteiger partial charge in [0.25, 0.3) is 11.8 Å². The summed E-state index contributed by atoms with van der Waals surface area (Å²) in [5.74, 6) is -3.32. The maximum Gasteiger partial charge on any atom is 0.392 e. The number of imide groups is 1. The van der Waals surface area contributed by atoms with Gasteiger partial charge in [0.05, 0.1) is 52.3 Å². The van der Waals surface area contributed by atoms with Crippen molar-refractivity contribution in [3.05, 3.63) is 95.1 Å². The molecule has 3 aromatic rings. The van der Waals surface area contributed by atoms with Crippen LogP contribution < -0.4 is 5.73 Å². The standard InChI is InChI=1S/C20H16F3N3O2.C12H14F3N3/c21-20(22,23)13-7-5-12(6-8-13)17-9-14(24-11-25-17)10-26-18(27)15-3-1-2-4-16(15)19(26)28;13-12(14,15)9-3-1-8(2-4-9)11-5-10(6-16)17-7-18-11/h1-5,9,11,13H,6-8,10H2;1,5,7,9H,2-4,6,16H2. The molecular weight excluding hydrogens is 614 g/mol. The van der Waals surface area contributed by atoms with Gasteiger partial charge in [0, 0.05) is 6.54 Å². The SMILES string of the molecule is NCc1cc(C2=CCC(C(F)(F)F)CC2)ncn1.O=C1c2ccccc2C(=O)N1Cc1cc(C2=CCC(C(F)(F)F)CC2)ncn1. The van der Waals surface area contributed by atoms with Crippen LogP contribution in [0, 0.1) is 11.8 Å². The Kier molecular flexibility index (Phi) is 9.66. The van der Waals surface area contributed by atoms with Crippen LogP contribution in [0.15, 0.2) is 61.2 Å². The molecule has 3 heterocycles. The average molecular weight is 645 g/mol. The smallest absolute Gasteiger partial charge is 0.325 e. The molecule has 0 fully saturated rings. The Balaban J connectivity index is 0.000000200. The zero-order chi connectivity index (χ0) is 33.1. The Labute approximate surface area is 260 Å². The lowest BCUT2D eigenvalue weighted by Gasteiger charge is -2.24. The van der Waals surface area contributed by atoms with Crippen LogP contribution in [-0.4, -0.2) is 49.0 Å². The Hall–Kier alpha value is -4.46. The van der Waals surface area contributed by atoms with E-state index in [4.69, 9.17) is 5.73 Å². The maximum atomic E-state index is 12.8. The van der Waals surface area contributed by atoms with Gasteiger partial charge in [-0.3, -0.25) is 14.5 Å². The van der Waals surface area contributed by atoms with Crippen molar-refractivity contribution in [1.82, 2.24) is 24.8 Å². The van der Waals surface area contributed by atoms with Gasteiger partial charge in [0.1, 0.15) is 12.7 Å². The molecule has 0 spiro atoms. The Morgan fingerprint density at radius 1 is 0.717 bits per heavy atom. The monoisotopic (exact) mass is 644 g/mol. The molecule has 242 valence electrons. The van der Waals surface area contributed by atoms with E-state index in [1.54, 1.807) is 48.6 Å². The van der Waals surface area contributed by atoms with E-state index in [0.717, 1.165) is 16.0 Å². The summed E-state index contributed by atoms with van der Waals surface area (Å²) in [6.45, 7) is 0.286. The van der Waals surface area contributed by atoms with E-state index >= 15 is 0 Å². The third kappa shape index (κ3) is 7.49. The molecule has 2 aliphatic carbocycles. The van der Waals surface area contributed by atoms with Gasteiger partial charge in [-0.25, -0.2) is 19.9 Å². The van der Waals surface area contributed by atoms with Crippen molar-refractivity contribution in [2.45, 2.75) is 64.0 Å². The quantitative estimate of drug-likeness (QED) is 0.243. The second kappa shape index (κ2) is 13.5. The predicted octanol–water partition coefficient (Wildman–Crippen LogP) is 6.70. The summed E-state index contributed by atoms with van der Waals surface area (Å²) in [7, 11) is 0. The molecule has 2 aromatic heterocycles. The van der Waals surface area contributed by atoms with Gasteiger partial charge in [-0.2, -0.15) is 26.3 Å². The van der Waals surface area contributed by atoms with E-state index in [1.165, 1.54) is 12.7 Å². The first kappa shape index (κ1) is 32.9. The van der Waals surface area contributed by atoms with Gasteiger partial charge in [0.15, 0.2) is 0 Å². The van der Waals surface area contributed by atoms with Crippen molar-refractivity contribution in [3.8, 4) is 0 Å². The molecule has 1 aliphatic heterocycles. The molecule has 0 radical (unpaired) electrons. The first-order valence-electron chi connectivity index (χ1n) is 14.6. The minimum Gasteiger partial charge on any atom is -0.325 e. The molecule has 2 amide bonds. The molecule has 1 aromatic carbocycles. The highest BCUT2D eigenvalue weighted by Gasteiger charge is 2.41. The molecule has 2 N–H and O–H groups in total. The number of rotatable bonds is 5. The number of nitrogens with zero attached hydrogens (tertiary/aromatic N) is 5. The van der Waals surface area contributed by atoms with Gasteiger partial charge in [-0.15, -0.1) is 0 Å². The van der Waals surface area contributed by atoms with E-state index in [0.29, 0.717) is 46.9 Å². The number of carbonyl (C=O) groups excluding carboxylic acids is 2. The minimum atomic E-state index is -4.19. The summed E-state index contributed by atoms with van der Waals surface area (Å²) < 4.78 is 76.0. The molecular formula is C32H30F6N6O2. The number of alkyl halides is 6. The third-order valence-corrected chi connectivity index (χ3v) is 8.26. The Morgan fingerprint density at radius 3 is 1.59 bits per heavy atom. The van der Waals surface area contributed by atoms with Crippen molar-refractivity contribution in [3.63, 3.8) is 0 Å². The van der Waals surface area contributed by atoms with Crippen LogP contribution in [0.2, 0.25) is 0 Å². The van der Waals surface area contributed by atoms with E-state index < -0.39 is 24.2 Å². The third-order valence-electron chi connectivity index (χ3n) is 8.26. The molecule has 0 saturated heterocycles. The fraction of sp³-hybridized carbons (Fsp3) is 0.375. The normalized spacial score (nSPS) is 20.0. The van der Waals surface area contributed by atoms with Crippen molar-refractivity contribution < 1.29 is 35.9 Å². The predicted molar refractivity (Wildman–Crippen MR) is 155 cm³/mol. The van der Waals surface area contributed by atoms with Crippen LogP contribution in [0.4, 0.5) is 26.3 Å². The van der Waals surface area contributed by atoms with Crippen LogP contribution in [0.1, 0.15) is 82.0 Å². The lowest BCUT2D eigenvalue weighted by atomic mass is 9.88.